The van der Waals surface area contributed by atoms with Crippen LogP contribution in [0.15, 0.2) is 21.4 Å². The second kappa shape index (κ2) is 7.42. The summed E-state index contributed by atoms with van der Waals surface area (Å²) in [5.41, 5.74) is 0.774. The highest BCUT2D eigenvalue weighted by Crippen LogP contribution is 2.28. The third-order valence-electron chi connectivity index (χ3n) is 1.84. The lowest BCUT2D eigenvalue weighted by molar-refractivity contribution is 0.215. The summed E-state index contributed by atoms with van der Waals surface area (Å²) in [6, 6.07) is 0. The molecule has 0 fully saturated rings. The topological polar surface area (TPSA) is 34.5 Å². The zero-order chi connectivity index (χ0) is 13.5. The maximum Gasteiger partial charge on any atom is 0.301 e. The average Bonchev–Trinajstić information content (AvgIpc) is 2.67. The summed E-state index contributed by atoms with van der Waals surface area (Å²) in [7, 11) is 1.43. The lowest BCUT2D eigenvalue weighted by atomic mass is 10.4. The fraction of sp³-hybridized carbons (Fsp3) is 0.400. The number of hydrogen-bond acceptors (Lipinski definition) is 5. The van der Waals surface area contributed by atoms with Crippen LogP contribution in [0.1, 0.15) is 17.0 Å². The van der Waals surface area contributed by atoms with Crippen molar-refractivity contribution in [3.63, 3.8) is 0 Å². The van der Waals surface area contributed by atoms with Gasteiger partial charge in [-0.2, -0.15) is 8.78 Å². The first-order valence-electron chi connectivity index (χ1n) is 4.91. The molecule has 0 aliphatic heterocycles. The fourth-order valence-corrected chi connectivity index (χ4v) is 3.06. The lowest BCUT2D eigenvalue weighted by Gasteiger charge is -1.94. The SMILES string of the molecule is CO/N=C\c1sc(SCCC(F)=C(F)F)nc1C. The van der Waals surface area contributed by atoms with E-state index in [0.29, 0.717) is 4.34 Å². The van der Waals surface area contributed by atoms with Crippen molar-refractivity contribution < 1.29 is 18.0 Å². The Morgan fingerprint density at radius 1 is 1.50 bits per heavy atom. The number of oxime groups is 1. The number of thiazole rings is 1. The molecule has 3 nitrogen and oxygen atoms in total. The van der Waals surface area contributed by atoms with Gasteiger partial charge in [0.1, 0.15) is 7.11 Å². The molecule has 0 aromatic carbocycles. The van der Waals surface area contributed by atoms with E-state index < -0.39 is 11.9 Å². The highest BCUT2D eigenvalue weighted by molar-refractivity contribution is 8.01. The van der Waals surface area contributed by atoms with Crippen molar-refractivity contribution in [2.75, 3.05) is 12.9 Å². The third-order valence-corrected chi connectivity index (χ3v) is 4.08. The molecule has 8 heteroatoms. The number of hydrogen-bond donors (Lipinski definition) is 0. The molecule has 100 valence electrons. The van der Waals surface area contributed by atoms with Gasteiger partial charge in [0.25, 0.3) is 0 Å². The summed E-state index contributed by atoms with van der Waals surface area (Å²) in [6.07, 6.45) is -1.02. The van der Waals surface area contributed by atoms with Crippen LogP contribution in [0.25, 0.3) is 0 Å². The molecule has 18 heavy (non-hydrogen) atoms. The van der Waals surface area contributed by atoms with Crippen molar-refractivity contribution in [2.24, 2.45) is 5.16 Å². The minimum atomic E-state index is -2.25. The van der Waals surface area contributed by atoms with Crippen molar-refractivity contribution >= 4 is 29.3 Å². The van der Waals surface area contributed by atoms with Gasteiger partial charge in [0.15, 0.2) is 10.2 Å². The molecule has 0 aliphatic rings. The molecular formula is C10H11F3N2OS2. The van der Waals surface area contributed by atoms with Gasteiger partial charge in [-0.25, -0.2) is 9.37 Å². The van der Waals surface area contributed by atoms with E-state index in [1.165, 1.54) is 36.4 Å². The predicted octanol–water partition coefficient (Wildman–Crippen LogP) is 3.99. The van der Waals surface area contributed by atoms with Crippen LogP contribution in [0.5, 0.6) is 0 Å². The maximum absolute atomic E-state index is 12.5. The highest BCUT2D eigenvalue weighted by Gasteiger charge is 2.09. The molecule has 0 aliphatic carbocycles. The van der Waals surface area contributed by atoms with Crippen molar-refractivity contribution in [1.29, 1.82) is 0 Å². The normalized spacial score (nSPS) is 10.9. The van der Waals surface area contributed by atoms with E-state index >= 15 is 0 Å². The average molecular weight is 296 g/mol. The van der Waals surface area contributed by atoms with Crippen molar-refractivity contribution in [3.8, 4) is 0 Å². The molecule has 0 atom stereocenters. The van der Waals surface area contributed by atoms with Gasteiger partial charge < -0.3 is 4.84 Å². The molecule has 0 saturated carbocycles. The second-order valence-electron chi connectivity index (χ2n) is 3.11. The van der Waals surface area contributed by atoms with E-state index in [1.54, 1.807) is 6.92 Å². The van der Waals surface area contributed by atoms with Crippen LogP contribution in [-0.2, 0) is 4.84 Å². The second-order valence-corrected chi connectivity index (χ2v) is 5.48. The molecule has 0 spiro atoms. The first-order valence-corrected chi connectivity index (χ1v) is 6.71. The number of rotatable bonds is 6. The zero-order valence-corrected chi connectivity index (χ0v) is 11.4. The summed E-state index contributed by atoms with van der Waals surface area (Å²) in [5.74, 6) is -1.14. The van der Waals surface area contributed by atoms with Gasteiger partial charge in [-0.1, -0.05) is 16.9 Å². The maximum atomic E-state index is 12.5. The summed E-state index contributed by atoms with van der Waals surface area (Å²) < 4.78 is 36.9. The largest absolute Gasteiger partial charge is 0.399 e. The summed E-state index contributed by atoms with van der Waals surface area (Å²) in [4.78, 5) is 9.59. The van der Waals surface area contributed by atoms with Crippen LogP contribution < -0.4 is 0 Å². The lowest BCUT2D eigenvalue weighted by Crippen LogP contribution is -1.83. The number of aromatic nitrogens is 1. The van der Waals surface area contributed by atoms with Crippen LogP contribution in [0.4, 0.5) is 13.2 Å². The molecule has 0 radical (unpaired) electrons. The van der Waals surface area contributed by atoms with Crippen LogP contribution >= 0.6 is 23.1 Å². The van der Waals surface area contributed by atoms with Crippen molar-refractivity contribution in [1.82, 2.24) is 4.98 Å². The van der Waals surface area contributed by atoms with Crippen molar-refractivity contribution in [2.45, 2.75) is 17.7 Å². The number of allylic oxidation sites excluding steroid dienone is 1. The van der Waals surface area contributed by atoms with E-state index in [2.05, 4.69) is 15.0 Å². The van der Waals surface area contributed by atoms with Gasteiger partial charge in [0, 0.05) is 12.2 Å². The van der Waals surface area contributed by atoms with Crippen molar-refractivity contribution in [3.05, 3.63) is 22.5 Å². The van der Waals surface area contributed by atoms with Gasteiger partial charge in [-0.15, -0.1) is 11.3 Å². The first-order chi connectivity index (χ1) is 8.54. The molecule has 1 rings (SSSR count). The number of aryl methyl sites for hydroxylation is 1. The van der Waals surface area contributed by atoms with E-state index in [1.807, 2.05) is 0 Å². The van der Waals surface area contributed by atoms with E-state index in [-0.39, 0.29) is 12.2 Å². The zero-order valence-electron chi connectivity index (χ0n) is 9.74. The molecule has 0 unspecified atom stereocenters. The molecule has 1 heterocycles. The Balaban J connectivity index is 2.54. The summed E-state index contributed by atoms with van der Waals surface area (Å²) >= 11 is 2.59. The molecule has 0 amide bonds. The molecular weight excluding hydrogens is 285 g/mol. The van der Waals surface area contributed by atoms with Crippen LogP contribution in [-0.4, -0.2) is 24.1 Å². The quantitative estimate of drug-likeness (QED) is 0.452. The highest BCUT2D eigenvalue weighted by atomic mass is 32.2. The minimum absolute atomic E-state index is 0.219. The smallest absolute Gasteiger partial charge is 0.301 e. The Morgan fingerprint density at radius 2 is 2.22 bits per heavy atom. The van der Waals surface area contributed by atoms with Crippen LogP contribution in [0.3, 0.4) is 0 Å². The van der Waals surface area contributed by atoms with E-state index in [9.17, 15) is 13.2 Å². The Bertz CT molecular complexity index is 456. The monoisotopic (exact) mass is 296 g/mol. The fourth-order valence-electron chi connectivity index (χ4n) is 0.987. The van der Waals surface area contributed by atoms with E-state index in [4.69, 9.17) is 0 Å². The Morgan fingerprint density at radius 3 is 2.83 bits per heavy atom. The third kappa shape index (κ3) is 4.69. The van der Waals surface area contributed by atoms with Crippen LogP contribution in [0.2, 0.25) is 0 Å². The van der Waals surface area contributed by atoms with Gasteiger partial charge in [0.05, 0.1) is 16.8 Å². The summed E-state index contributed by atoms with van der Waals surface area (Å²) in [5, 5.41) is 3.62. The van der Waals surface area contributed by atoms with Gasteiger partial charge in [-0.3, -0.25) is 0 Å². The van der Waals surface area contributed by atoms with Gasteiger partial charge in [-0.05, 0) is 6.92 Å². The minimum Gasteiger partial charge on any atom is -0.399 e. The Labute approximate surface area is 111 Å². The molecule has 0 saturated heterocycles. The first kappa shape index (κ1) is 15.0. The Kier molecular flexibility index (Phi) is 6.20. The Hall–Kier alpha value is -1.02. The summed E-state index contributed by atoms with van der Waals surface area (Å²) in [6.45, 7) is 1.80. The van der Waals surface area contributed by atoms with Gasteiger partial charge in [0.2, 0.25) is 0 Å². The molecule has 0 bridgehead atoms. The standard InChI is InChI=1S/C10H11F3N2OS2/c1-6-8(5-14-16-2)18-10(15-6)17-4-3-7(11)9(12)13/h5H,3-4H2,1-2H3/b14-5-. The number of halogens is 3. The van der Waals surface area contributed by atoms with Crippen LogP contribution in [0, 0.1) is 6.92 Å². The number of thioether (sulfide) groups is 1. The number of nitrogens with zero attached hydrogens (tertiary/aromatic N) is 2. The van der Waals surface area contributed by atoms with Gasteiger partial charge >= 0.3 is 6.08 Å². The van der Waals surface area contributed by atoms with E-state index in [0.717, 1.165) is 10.6 Å². The predicted molar refractivity (Wildman–Crippen MR) is 67.1 cm³/mol. The molecule has 1 aromatic rings. The molecule has 1 aromatic heterocycles. The molecule has 0 N–H and O–H groups in total.